The summed E-state index contributed by atoms with van der Waals surface area (Å²) in [6.07, 6.45) is -4.69. The highest BCUT2D eigenvalue weighted by atomic mass is 19.4. The first kappa shape index (κ1) is 16.8. The molecule has 0 aliphatic carbocycles. The van der Waals surface area contributed by atoms with Crippen molar-refractivity contribution in [3.05, 3.63) is 23.8 Å². The van der Waals surface area contributed by atoms with Gasteiger partial charge in [0.05, 0.1) is 25.7 Å². The van der Waals surface area contributed by atoms with E-state index in [1.165, 1.54) is 13.2 Å². The Morgan fingerprint density at radius 2 is 2.14 bits per heavy atom. The minimum atomic E-state index is -4.42. The van der Waals surface area contributed by atoms with Crippen LogP contribution in [0.2, 0.25) is 0 Å². The molecular formula is C13H13F3N2O3. The molecule has 1 rings (SSSR count). The molecule has 114 valence electrons. The number of nitrogens with zero attached hydrogens (tertiary/aromatic N) is 1. The summed E-state index contributed by atoms with van der Waals surface area (Å²) in [5.74, 6) is -0.281. The number of carbonyl (C=O) groups excluding carboxylic acids is 1. The van der Waals surface area contributed by atoms with Gasteiger partial charge in [-0.15, -0.1) is 0 Å². The first-order valence-corrected chi connectivity index (χ1v) is 5.89. The summed E-state index contributed by atoms with van der Waals surface area (Å²) in [5.41, 5.74) is 0.377. The molecule has 0 spiro atoms. The van der Waals surface area contributed by atoms with E-state index in [0.717, 1.165) is 0 Å². The van der Waals surface area contributed by atoms with Gasteiger partial charge in [0.25, 0.3) is 0 Å². The number of benzene rings is 1. The van der Waals surface area contributed by atoms with Gasteiger partial charge in [-0.3, -0.25) is 4.79 Å². The quantitative estimate of drug-likeness (QED) is 0.819. The number of anilines is 1. The SMILES string of the molecule is COc1cccc(C#N)c1NC(=O)CCOCC(F)(F)F. The minimum absolute atomic E-state index is 0.184. The lowest BCUT2D eigenvalue weighted by atomic mass is 10.1. The molecule has 0 aromatic heterocycles. The first-order chi connectivity index (χ1) is 9.87. The topological polar surface area (TPSA) is 71.3 Å². The van der Waals surface area contributed by atoms with E-state index in [1.54, 1.807) is 12.1 Å². The van der Waals surface area contributed by atoms with Gasteiger partial charge in [-0.05, 0) is 12.1 Å². The number of halogens is 3. The fourth-order valence-electron chi connectivity index (χ4n) is 1.48. The van der Waals surface area contributed by atoms with Crippen LogP contribution in [0.25, 0.3) is 0 Å². The lowest BCUT2D eigenvalue weighted by Gasteiger charge is -2.12. The van der Waals surface area contributed by atoms with E-state index in [0.29, 0.717) is 5.75 Å². The van der Waals surface area contributed by atoms with E-state index in [2.05, 4.69) is 10.1 Å². The second-order valence-electron chi connectivity index (χ2n) is 3.96. The molecule has 21 heavy (non-hydrogen) atoms. The van der Waals surface area contributed by atoms with Crippen molar-refractivity contribution in [3.8, 4) is 11.8 Å². The Kier molecular flexibility index (Phi) is 5.99. The van der Waals surface area contributed by atoms with Crippen molar-refractivity contribution in [2.24, 2.45) is 0 Å². The van der Waals surface area contributed by atoms with Gasteiger partial charge >= 0.3 is 6.18 Å². The maximum atomic E-state index is 11.8. The van der Waals surface area contributed by atoms with Crippen LogP contribution in [0.1, 0.15) is 12.0 Å². The molecule has 1 aromatic rings. The number of carbonyl (C=O) groups is 1. The number of para-hydroxylation sites is 1. The Bertz CT molecular complexity index is 538. The number of alkyl halides is 3. The summed E-state index contributed by atoms with van der Waals surface area (Å²) in [7, 11) is 1.37. The van der Waals surface area contributed by atoms with Gasteiger partial charge in [0.2, 0.25) is 5.91 Å². The van der Waals surface area contributed by atoms with E-state index in [1.807, 2.05) is 6.07 Å². The van der Waals surface area contributed by atoms with Crippen LogP contribution in [-0.4, -0.2) is 32.4 Å². The Morgan fingerprint density at radius 1 is 1.43 bits per heavy atom. The van der Waals surface area contributed by atoms with Crippen LogP contribution < -0.4 is 10.1 Å². The van der Waals surface area contributed by atoms with Crippen molar-refractivity contribution in [2.45, 2.75) is 12.6 Å². The van der Waals surface area contributed by atoms with E-state index in [9.17, 15) is 18.0 Å². The van der Waals surface area contributed by atoms with Crippen LogP contribution in [0.3, 0.4) is 0 Å². The summed E-state index contributed by atoms with van der Waals surface area (Å²) >= 11 is 0. The maximum absolute atomic E-state index is 11.8. The predicted molar refractivity (Wildman–Crippen MR) is 67.8 cm³/mol. The number of hydrogen-bond acceptors (Lipinski definition) is 4. The van der Waals surface area contributed by atoms with Crippen molar-refractivity contribution in [1.29, 1.82) is 5.26 Å². The van der Waals surface area contributed by atoms with Gasteiger partial charge in [0, 0.05) is 0 Å². The average Bonchev–Trinajstić information content (AvgIpc) is 2.43. The molecule has 0 atom stereocenters. The zero-order valence-electron chi connectivity index (χ0n) is 11.2. The highest BCUT2D eigenvalue weighted by Gasteiger charge is 2.27. The highest BCUT2D eigenvalue weighted by Crippen LogP contribution is 2.27. The second-order valence-corrected chi connectivity index (χ2v) is 3.96. The molecule has 0 saturated heterocycles. The van der Waals surface area contributed by atoms with Crippen molar-refractivity contribution >= 4 is 11.6 Å². The zero-order valence-corrected chi connectivity index (χ0v) is 11.2. The number of ether oxygens (including phenoxy) is 2. The summed E-state index contributed by atoms with van der Waals surface area (Å²) in [6.45, 7) is -1.78. The molecule has 0 radical (unpaired) electrons. The van der Waals surface area contributed by atoms with Crippen molar-refractivity contribution < 1.29 is 27.4 Å². The van der Waals surface area contributed by atoms with Gasteiger partial charge in [0.1, 0.15) is 24.1 Å². The fourth-order valence-corrected chi connectivity index (χ4v) is 1.48. The van der Waals surface area contributed by atoms with Crippen LogP contribution in [0, 0.1) is 11.3 Å². The molecule has 0 aliphatic rings. The molecule has 1 amide bonds. The fraction of sp³-hybridized carbons (Fsp3) is 0.385. The third-order valence-corrected chi connectivity index (χ3v) is 2.37. The number of nitrogens with one attached hydrogen (secondary N) is 1. The van der Waals surface area contributed by atoms with E-state index < -0.39 is 18.7 Å². The Labute approximate surface area is 119 Å². The molecule has 0 aliphatic heterocycles. The average molecular weight is 302 g/mol. The molecule has 0 saturated carbocycles. The lowest BCUT2D eigenvalue weighted by Crippen LogP contribution is -2.20. The number of hydrogen-bond donors (Lipinski definition) is 1. The molecule has 8 heteroatoms. The van der Waals surface area contributed by atoms with Gasteiger partial charge in [-0.1, -0.05) is 6.07 Å². The Hall–Kier alpha value is -2.27. The zero-order chi connectivity index (χ0) is 15.9. The molecule has 0 fully saturated rings. The summed E-state index contributed by atoms with van der Waals surface area (Å²) in [6, 6.07) is 6.51. The van der Waals surface area contributed by atoms with Crippen molar-refractivity contribution in [1.82, 2.24) is 0 Å². The van der Waals surface area contributed by atoms with Crippen molar-refractivity contribution in [3.63, 3.8) is 0 Å². The third-order valence-electron chi connectivity index (χ3n) is 2.37. The van der Waals surface area contributed by atoms with Crippen molar-refractivity contribution in [2.75, 3.05) is 25.6 Å². The van der Waals surface area contributed by atoms with Crippen LogP contribution in [-0.2, 0) is 9.53 Å². The maximum Gasteiger partial charge on any atom is 0.411 e. The van der Waals surface area contributed by atoms with Crippen LogP contribution in [0.5, 0.6) is 5.75 Å². The molecular weight excluding hydrogens is 289 g/mol. The van der Waals surface area contributed by atoms with E-state index in [4.69, 9.17) is 10.00 Å². The molecule has 0 bridgehead atoms. The molecule has 1 aromatic carbocycles. The smallest absolute Gasteiger partial charge is 0.411 e. The summed E-state index contributed by atoms with van der Waals surface area (Å²) in [5, 5.41) is 11.4. The molecule has 0 unspecified atom stereocenters. The first-order valence-electron chi connectivity index (χ1n) is 5.89. The summed E-state index contributed by atoms with van der Waals surface area (Å²) in [4.78, 5) is 11.6. The van der Waals surface area contributed by atoms with Crippen LogP contribution in [0.15, 0.2) is 18.2 Å². The van der Waals surface area contributed by atoms with Crippen LogP contribution >= 0.6 is 0 Å². The Balaban J connectivity index is 2.58. The molecule has 0 heterocycles. The monoisotopic (exact) mass is 302 g/mol. The number of rotatable bonds is 6. The molecule has 1 N–H and O–H groups in total. The van der Waals surface area contributed by atoms with Gasteiger partial charge < -0.3 is 14.8 Å². The van der Waals surface area contributed by atoms with Gasteiger partial charge in [-0.25, -0.2) is 0 Å². The van der Waals surface area contributed by atoms with Crippen LogP contribution in [0.4, 0.5) is 18.9 Å². The second kappa shape index (κ2) is 7.50. The largest absolute Gasteiger partial charge is 0.495 e. The number of amides is 1. The number of nitriles is 1. The molecule has 5 nitrogen and oxygen atoms in total. The lowest BCUT2D eigenvalue weighted by molar-refractivity contribution is -0.174. The van der Waals surface area contributed by atoms with Gasteiger partial charge in [-0.2, -0.15) is 18.4 Å². The Morgan fingerprint density at radius 3 is 2.71 bits per heavy atom. The van der Waals surface area contributed by atoms with Gasteiger partial charge in [0.15, 0.2) is 0 Å². The van der Waals surface area contributed by atoms with E-state index >= 15 is 0 Å². The normalized spacial score (nSPS) is 10.8. The minimum Gasteiger partial charge on any atom is -0.495 e. The predicted octanol–water partition coefficient (Wildman–Crippen LogP) is 2.47. The summed E-state index contributed by atoms with van der Waals surface area (Å²) < 4.78 is 44.9. The standard InChI is InChI=1S/C13H13F3N2O3/c1-20-10-4-2-3-9(7-17)12(10)18-11(19)5-6-21-8-13(14,15)16/h2-4H,5-6,8H2,1H3,(H,18,19). The highest BCUT2D eigenvalue weighted by molar-refractivity contribution is 5.94. The third kappa shape index (κ3) is 5.71. The van der Waals surface area contributed by atoms with E-state index in [-0.39, 0.29) is 24.3 Å². The number of methoxy groups -OCH3 is 1.